The highest BCUT2D eigenvalue weighted by molar-refractivity contribution is 6.12. The fourth-order valence-electron chi connectivity index (χ4n) is 4.62. The molecule has 2 aliphatic rings. The van der Waals surface area contributed by atoms with Crippen LogP contribution < -0.4 is 10.1 Å². The smallest absolute Gasteiger partial charge is 0.336 e. The summed E-state index contributed by atoms with van der Waals surface area (Å²) in [5.74, 6) is -2.59. The van der Waals surface area contributed by atoms with Crippen molar-refractivity contribution in [3.63, 3.8) is 0 Å². The minimum Gasteiger partial charge on any atom is -0.494 e. The van der Waals surface area contributed by atoms with Gasteiger partial charge in [-0.1, -0.05) is 19.1 Å². The van der Waals surface area contributed by atoms with Crippen LogP contribution in [0.4, 0.5) is 0 Å². The third kappa shape index (κ3) is 5.17. The van der Waals surface area contributed by atoms with E-state index in [2.05, 4.69) is 5.32 Å². The molecule has 184 valence electrons. The average molecular weight is 472 g/mol. The molecule has 8 heteroatoms. The summed E-state index contributed by atoms with van der Waals surface area (Å²) in [7, 11) is 1.28. The number of dihydropyridines is 1. The molecule has 0 fully saturated rings. The molecule has 1 aliphatic carbocycles. The van der Waals surface area contributed by atoms with Crippen molar-refractivity contribution in [1.82, 2.24) is 5.32 Å². The van der Waals surface area contributed by atoms with E-state index in [1.807, 2.05) is 45.0 Å². The second-order valence-electron chi connectivity index (χ2n) is 8.37. The van der Waals surface area contributed by atoms with E-state index in [1.165, 1.54) is 7.11 Å². The number of benzene rings is 1. The van der Waals surface area contributed by atoms with E-state index >= 15 is 0 Å². The van der Waals surface area contributed by atoms with Crippen LogP contribution in [-0.2, 0) is 28.6 Å². The Kier molecular flexibility index (Phi) is 8.50. The molecule has 1 N–H and O–H groups in total. The summed E-state index contributed by atoms with van der Waals surface area (Å²) < 4.78 is 21.2. The van der Waals surface area contributed by atoms with Crippen molar-refractivity contribution in [2.75, 3.05) is 33.5 Å². The maximum atomic E-state index is 13.7. The first-order valence-corrected chi connectivity index (χ1v) is 11.6. The van der Waals surface area contributed by atoms with E-state index in [-0.39, 0.29) is 24.9 Å². The molecule has 3 unspecified atom stereocenters. The lowest BCUT2D eigenvalue weighted by Crippen LogP contribution is -2.43. The van der Waals surface area contributed by atoms with Crippen molar-refractivity contribution >= 4 is 17.7 Å². The molecular weight excluding hydrogens is 438 g/mol. The van der Waals surface area contributed by atoms with E-state index in [9.17, 15) is 14.4 Å². The highest BCUT2D eigenvalue weighted by atomic mass is 16.6. The Morgan fingerprint density at radius 3 is 2.41 bits per heavy atom. The third-order valence-corrected chi connectivity index (χ3v) is 6.15. The highest BCUT2D eigenvalue weighted by Crippen LogP contribution is 2.45. The van der Waals surface area contributed by atoms with Crippen LogP contribution in [0.2, 0.25) is 0 Å². The quantitative estimate of drug-likeness (QED) is 0.333. The first kappa shape index (κ1) is 25.5. The van der Waals surface area contributed by atoms with Crippen LogP contribution in [0.3, 0.4) is 0 Å². The lowest BCUT2D eigenvalue weighted by molar-refractivity contribution is -0.151. The van der Waals surface area contributed by atoms with Crippen molar-refractivity contribution in [2.24, 2.45) is 11.8 Å². The minimum absolute atomic E-state index is 0.0983. The van der Waals surface area contributed by atoms with E-state index in [4.69, 9.17) is 18.9 Å². The molecule has 0 spiro atoms. The average Bonchev–Trinajstić information content (AvgIpc) is 2.81. The van der Waals surface area contributed by atoms with E-state index in [1.54, 1.807) is 6.92 Å². The highest BCUT2D eigenvalue weighted by Gasteiger charge is 2.47. The molecule has 1 aliphatic heterocycles. The van der Waals surface area contributed by atoms with E-state index < -0.39 is 23.8 Å². The molecule has 3 atom stereocenters. The van der Waals surface area contributed by atoms with Crippen molar-refractivity contribution < 1.29 is 33.3 Å². The van der Waals surface area contributed by atoms with E-state index in [0.29, 0.717) is 42.2 Å². The number of nitrogens with one attached hydrogen (secondary N) is 1. The molecule has 0 aromatic heterocycles. The molecular formula is C26H33NO7. The van der Waals surface area contributed by atoms with Gasteiger partial charge in [-0.2, -0.15) is 0 Å². The molecule has 0 saturated heterocycles. The van der Waals surface area contributed by atoms with Crippen LogP contribution in [-0.4, -0.2) is 51.3 Å². The van der Waals surface area contributed by atoms with Crippen LogP contribution in [0, 0.1) is 11.8 Å². The van der Waals surface area contributed by atoms with Gasteiger partial charge in [-0.25, -0.2) is 4.79 Å². The summed E-state index contributed by atoms with van der Waals surface area (Å²) in [6.07, 6.45) is 0.485. The molecule has 0 amide bonds. The van der Waals surface area contributed by atoms with Gasteiger partial charge in [-0.3, -0.25) is 9.59 Å². The van der Waals surface area contributed by atoms with Gasteiger partial charge in [0.1, 0.15) is 18.3 Å². The number of carbonyl (C=O) groups is 3. The number of hydrogen-bond donors (Lipinski definition) is 1. The summed E-state index contributed by atoms with van der Waals surface area (Å²) in [5.41, 5.74) is 2.82. The normalized spacial score (nSPS) is 22.1. The van der Waals surface area contributed by atoms with Crippen molar-refractivity contribution in [3.8, 4) is 5.75 Å². The lowest BCUT2D eigenvalue weighted by atomic mass is 9.69. The van der Waals surface area contributed by atoms with Gasteiger partial charge in [-0.15, -0.1) is 0 Å². The Morgan fingerprint density at radius 1 is 1.09 bits per heavy atom. The molecule has 8 nitrogen and oxygen atoms in total. The number of rotatable bonds is 9. The van der Waals surface area contributed by atoms with Crippen molar-refractivity contribution in [1.29, 1.82) is 0 Å². The second kappa shape index (κ2) is 11.3. The lowest BCUT2D eigenvalue weighted by Gasteiger charge is -2.38. The molecule has 3 rings (SSSR count). The number of Topliss-reactive ketones (excluding diaryl/α,β-unsaturated/α-hetero) is 1. The molecule has 0 saturated carbocycles. The fraction of sp³-hybridized carbons (Fsp3) is 0.500. The van der Waals surface area contributed by atoms with Crippen molar-refractivity contribution in [2.45, 2.75) is 40.0 Å². The van der Waals surface area contributed by atoms with Gasteiger partial charge in [-0.05, 0) is 50.8 Å². The number of methoxy groups -OCH3 is 1. The maximum absolute atomic E-state index is 13.7. The van der Waals surface area contributed by atoms with Gasteiger partial charge in [0, 0.05) is 29.5 Å². The standard InChI is InChI=1S/C26H33NO7/c1-6-32-12-13-34-26(30)21-16(4)27-19-14-15(3)20(25(29)31-5)24(28)23(19)22(21)17-8-10-18(11-9-17)33-7-2/h8-11,15,20,22,27H,6-7,12-14H2,1-5H3. The number of ether oxygens (including phenoxy) is 4. The van der Waals surface area contributed by atoms with Crippen LogP contribution in [0.5, 0.6) is 5.75 Å². The van der Waals surface area contributed by atoms with Crippen LogP contribution in [0.1, 0.15) is 45.6 Å². The molecule has 1 heterocycles. The topological polar surface area (TPSA) is 100 Å². The minimum atomic E-state index is -0.927. The molecule has 0 bridgehead atoms. The molecule has 34 heavy (non-hydrogen) atoms. The Balaban J connectivity index is 2.06. The second-order valence-corrected chi connectivity index (χ2v) is 8.37. The van der Waals surface area contributed by atoms with Gasteiger partial charge < -0.3 is 24.3 Å². The van der Waals surface area contributed by atoms with Crippen LogP contribution in [0.25, 0.3) is 0 Å². The predicted molar refractivity (Wildman–Crippen MR) is 125 cm³/mol. The Morgan fingerprint density at radius 2 is 1.79 bits per heavy atom. The number of ketones is 1. The summed E-state index contributed by atoms with van der Waals surface area (Å²) >= 11 is 0. The fourth-order valence-corrected chi connectivity index (χ4v) is 4.62. The SMILES string of the molecule is CCOCCOC(=O)C1=C(C)NC2=C(C(=O)C(C(=O)OC)C(C)C2)C1c1ccc(OCC)cc1. The number of allylic oxidation sites excluding steroid dienone is 3. The summed E-state index contributed by atoms with van der Waals surface area (Å²) in [6, 6.07) is 7.29. The zero-order valence-electron chi connectivity index (χ0n) is 20.4. The van der Waals surface area contributed by atoms with Gasteiger partial charge in [0.25, 0.3) is 0 Å². The molecule has 0 radical (unpaired) electrons. The summed E-state index contributed by atoms with van der Waals surface area (Å²) in [6.45, 7) is 8.84. The largest absolute Gasteiger partial charge is 0.494 e. The first-order valence-electron chi connectivity index (χ1n) is 11.6. The summed E-state index contributed by atoms with van der Waals surface area (Å²) in [5, 5.41) is 3.25. The number of esters is 2. The zero-order valence-corrected chi connectivity index (χ0v) is 20.4. The summed E-state index contributed by atoms with van der Waals surface area (Å²) in [4.78, 5) is 39.4. The van der Waals surface area contributed by atoms with Crippen LogP contribution in [0.15, 0.2) is 46.8 Å². The predicted octanol–water partition coefficient (Wildman–Crippen LogP) is 3.28. The first-order chi connectivity index (χ1) is 16.3. The van der Waals surface area contributed by atoms with Crippen molar-refractivity contribution in [3.05, 3.63) is 52.4 Å². The number of hydrogen-bond acceptors (Lipinski definition) is 8. The zero-order chi connectivity index (χ0) is 24.8. The molecule has 1 aromatic carbocycles. The van der Waals surface area contributed by atoms with Gasteiger partial charge in [0.2, 0.25) is 0 Å². The Hall–Kier alpha value is -3.13. The van der Waals surface area contributed by atoms with Gasteiger partial charge in [0.05, 0.1) is 25.9 Å². The van der Waals surface area contributed by atoms with Gasteiger partial charge in [0.15, 0.2) is 5.78 Å². The third-order valence-electron chi connectivity index (χ3n) is 6.15. The van der Waals surface area contributed by atoms with Crippen LogP contribution >= 0.6 is 0 Å². The van der Waals surface area contributed by atoms with E-state index in [0.717, 1.165) is 11.3 Å². The Labute approximate surface area is 200 Å². The molecule has 1 aromatic rings. The number of carbonyl (C=O) groups excluding carboxylic acids is 3. The maximum Gasteiger partial charge on any atom is 0.336 e. The van der Waals surface area contributed by atoms with Gasteiger partial charge >= 0.3 is 11.9 Å². The monoisotopic (exact) mass is 471 g/mol. The Bertz CT molecular complexity index is 993.